The summed E-state index contributed by atoms with van der Waals surface area (Å²) in [6.07, 6.45) is 4.05. The van der Waals surface area contributed by atoms with Gasteiger partial charge in [-0.2, -0.15) is 11.8 Å². The third-order valence-corrected chi connectivity index (χ3v) is 7.56. The fourth-order valence-corrected chi connectivity index (χ4v) is 5.20. The SMILES string of the molecule is CSCC[C@H](NC(=O)c1ccc(CCCC(=O)c2ccc3ccccc3c2)cc1-c1ccccc1C)C(=O)O.[LiH]. The molecule has 1 amide bonds. The predicted octanol–water partition coefficient (Wildman–Crippen LogP) is 6.31. The van der Waals surface area contributed by atoms with Crippen molar-refractivity contribution in [3.8, 4) is 11.1 Å². The van der Waals surface area contributed by atoms with E-state index in [4.69, 9.17) is 0 Å². The quantitative estimate of drug-likeness (QED) is 0.160. The fraction of sp³-hybridized carbons (Fsp3) is 0.242. The Morgan fingerprint density at radius 3 is 2.33 bits per heavy atom. The van der Waals surface area contributed by atoms with Crippen molar-refractivity contribution in [2.75, 3.05) is 12.0 Å². The van der Waals surface area contributed by atoms with Gasteiger partial charge in [-0.1, -0.05) is 72.8 Å². The Morgan fingerprint density at radius 1 is 0.875 bits per heavy atom. The van der Waals surface area contributed by atoms with E-state index in [2.05, 4.69) is 5.32 Å². The summed E-state index contributed by atoms with van der Waals surface area (Å²) >= 11 is 1.54. The molecule has 202 valence electrons. The third kappa shape index (κ3) is 7.88. The molecule has 0 bridgehead atoms. The molecular weight excluding hydrogens is 513 g/mol. The molecule has 7 heteroatoms. The van der Waals surface area contributed by atoms with Crippen LogP contribution in [0.4, 0.5) is 0 Å². The van der Waals surface area contributed by atoms with E-state index in [1.807, 2.05) is 92.0 Å². The van der Waals surface area contributed by atoms with E-state index in [-0.39, 0.29) is 24.6 Å². The van der Waals surface area contributed by atoms with Gasteiger partial charge >= 0.3 is 24.8 Å². The minimum atomic E-state index is -1.04. The maximum atomic E-state index is 13.3. The number of amides is 1. The van der Waals surface area contributed by atoms with Crippen LogP contribution < -0.4 is 5.32 Å². The van der Waals surface area contributed by atoms with Gasteiger partial charge < -0.3 is 10.4 Å². The van der Waals surface area contributed by atoms with Crippen molar-refractivity contribution < 1.29 is 19.5 Å². The molecular formula is C33H34LiNO4S. The van der Waals surface area contributed by atoms with Crippen molar-refractivity contribution in [2.45, 2.75) is 38.6 Å². The van der Waals surface area contributed by atoms with Gasteiger partial charge in [0.25, 0.3) is 5.91 Å². The van der Waals surface area contributed by atoms with Crippen LogP contribution in [-0.4, -0.2) is 59.7 Å². The Kier molecular flexibility index (Phi) is 11.6. The number of hydrogen-bond donors (Lipinski definition) is 2. The number of thioether (sulfide) groups is 1. The van der Waals surface area contributed by atoms with Gasteiger partial charge in [-0.15, -0.1) is 0 Å². The first-order chi connectivity index (χ1) is 18.9. The van der Waals surface area contributed by atoms with Crippen LogP contribution in [0.15, 0.2) is 84.9 Å². The molecule has 1 atom stereocenters. The first kappa shape index (κ1) is 31.2. The zero-order valence-corrected chi connectivity index (χ0v) is 23.1. The van der Waals surface area contributed by atoms with Gasteiger partial charge in [0.15, 0.2) is 5.78 Å². The molecule has 4 aromatic carbocycles. The Bertz CT molecular complexity index is 1500. The van der Waals surface area contributed by atoms with Crippen LogP contribution in [0.25, 0.3) is 21.9 Å². The van der Waals surface area contributed by atoms with Gasteiger partial charge in [0.05, 0.1) is 0 Å². The number of benzene rings is 4. The molecule has 0 saturated carbocycles. The molecule has 0 saturated heterocycles. The summed E-state index contributed by atoms with van der Waals surface area (Å²) in [6.45, 7) is 1.99. The summed E-state index contributed by atoms with van der Waals surface area (Å²) in [5, 5.41) is 14.5. The van der Waals surface area contributed by atoms with Crippen molar-refractivity contribution in [3.63, 3.8) is 0 Å². The molecule has 0 radical (unpaired) electrons. The first-order valence-electron chi connectivity index (χ1n) is 13.1. The molecule has 0 unspecified atom stereocenters. The van der Waals surface area contributed by atoms with Gasteiger partial charge in [0.1, 0.15) is 6.04 Å². The first-order valence-corrected chi connectivity index (χ1v) is 14.5. The standard InChI is InChI=1S/C33H33NO4S.Li.H/c1-22-8-3-6-12-27(22)29-20-23(14-17-28(29)32(36)34-30(33(37)38)18-19-39-2)9-7-13-31(35)26-16-15-24-10-4-5-11-25(24)21-26;;/h3-6,8,10-12,14-17,20-21,30H,7,9,13,18-19H2,1-2H3,(H,34,36)(H,37,38);;/t30-;;/m0../s1. The van der Waals surface area contributed by atoms with E-state index in [0.29, 0.717) is 37.0 Å². The number of aryl methyl sites for hydroxylation is 2. The van der Waals surface area contributed by atoms with Gasteiger partial charge in [0, 0.05) is 17.5 Å². The number of nitrogens with one attached hydrogen (secondary N) is 1. The molecule has 2 N–H and O–H groups in total. The second-order valence-corrected chi connectivity index (χ2v) is 10.7. The molecule has 0 fully saturated rings. The Balaban J connectivity index is 0.00000441. The van der Waals surface area contributed by atoms with Crippen LogP contribution in [0.5, 0.6) is 0 Å². The van der Waals surface area contributed by atoms with Crippen molar-refractivity contribution in [1.82, 2.24) is 5.32 Å². The molecule has 0 spiro atoms. The summed E-state index contributed by atoms with van der Waals surface area (Å²) in [5.74, 6) is -0.693. The summed E-state index contributed by atoms with van der Waals surface area (Å²) in [7, 11) is 0. The average Bonchev–Trinajstić information content (AvgIpc) is 2.94. The molecule has 4 rings (SSSR count). The van der Waals surface area contributed by atoms with E-state index < -0.39 is 17.9 Å². The summed E-state index contributed by atoms with van der Waals surface area (Å²) in [6, 6.07) is 26.4. The van der Waals surface area contributed by atoms with Crippen LogP contribution in [0, 0.1) is 6.92 Å². The van der Waals surface area contributed by atoms with E-state index in [9.17, 15) is 19.5 Å². The van der Waals surface area contributed by atoms with Crippen molar-refractivity contribution in [1.29, 1.82) is 0 Å². The van der Waals surface area contributed by atoms with Gasteiger partial charge in [-0.25, -0.2) is 4.79 Å². The number of carboxylic acid groups (broad SMARTS) is 1. The Labute approximate surface area is 251 Å². The van der Waals surface area contributed by atoms with Crippen molar-refractivity contribution >= 4 is 59.1 Å². The number of Topliss-reactive ketones (excluding diaryl/α,β-unsaturated/α-hetero) is 1. The second-order valence-electron chi connectivity index (χ2n) is 9.68. The minimum absolute atomic E-state index is 0. The number of aliphatic carboxylic acids is 1. The van der Waals surface area contributed by atoms with Gasteiger partial charge in [-0.3, -0.25) is 9.59 Å². The monoisotopic (exact) mass is 547 g/mol. The van der Waals surface area contributed by atoms with E-state index in [0.717, 1.165) is 38.6 Å². The number of carbonyl (C=O) groups excluding carboxylic acids is 2. The Hall–Kier alpha value is -3.30. The zero-order chi connectivity index (χ0) is 27.8. The van der Waals surface area contributed by atoms with E-state index in [1.165, 1.54) is 0 Å². The molecule has 5 nitrogen and oxygen atoms in total. The van der Waals surface area contributed by atoms with Crippen LogP contribution in [0.1, 0.15) is 51.1 Å². The second kappa shape index (κ2) is 14.9. The summed E-state index contributed by atoms with van der Waals surface area (Å²) < 4.78 is 0. The normalized spacial score (nSPS) is 11.4. The molecule has 0 aliphatic rings. The number of fused-ring (bicyclic) bond motifs is 1. The molecule has 0 heterocycles. The molecule has 0 aliphatic heterocycles. The molecule has 40 heavy (non-hydrogen) atoms. The zero-order valence-electron chi connectivity index (χ0n) is 22.3. The van der Waals surface area contributed by atoms with E-state index >= 15 is 0 Å². The molecule has 0 aromatic heterocycles. The number of hydrogen-bond acceptors (Lipinski definition) is 4. The van der Waals surface area contributed by atoms with Crippen molar-refractivity contribution in [2.24, 2.45) is 0 Å². The number of carbonyl (C=O) groups is 3. The Morgan fingerprint density at radius 2 is 1.60 bits per heavy atom. The van der Waals surface area contributed by atoms with Gasteiger partial charge in [0.2, 0.25) is 0 Å². The van der Waals surface area contributed by atoms with Crippen LogP contribution in [-0.2, 0) is 11.2 Å². The third-order valence-electron chi connectivity index (χ3n) is 6.92. The topological polar surface area (TPSA) is 83.5 Å². The number of carboxylic acids is 1. The molecule has 0 aliphatic carbocycles. The number of ketones is 1. The van der Waals surface area contributed by atoms with Crippen molar-refractivity contribution in [3.05, 3.63) is 107 Å². The number of rotatable bonds is 12. The predicted molar refractivity (Wildman–Crippen MR) is 167 cm³/mol. The molecule has 4 aromatic rings. The summed E-state index contributed by atoms with van der Waals surface area (Å²) in [4.78, 5) is 37.9. The maximum absolute atomic E-state index is 13.3. The summed E-state index contributed by atoms with van der Waals surface area (Å²) in [5.41, 5.74) is 4.89. The van der Waals surface area contributed by atoms with E-state index in [1.54, 1.807) is 17.8 Å². The fourth-order valence-electron chi connectivity index (χ4n) is 4.73. The van der Waals surface area contributed by atoms with Crippen LogP contribution in [0.3, 0.4) is 0 Å². The average molecular weight is 548 g/mol. The van der Waals surface area contributed by atoms with Crippen LogP contribution in [0.2, 0.25) is 0 Å². The van der Waals surface area contributed by atoms with Gasteiger partial charge in [-0.05, 0) is 83.4 Å². The van der Waals surface area contributed by atoms with Crippen LogP contribution >= 0.6 is 11.8 Å².